The van der Waals surface area contributed by atoms with Crippen molar-refractivity contribution in [3.63, 3.8) is 0 Å². The smallest absolute Gasteiger partial charge is 0.139 e. The monoisotopic (exact) mass is 251 g/mol. The zero-order valence-corrected chi connectivity index (χ0v) is 10.5. The predicted octanol–water partition coefficient (Wildman–Crippen LogP) is 2.89. The minimum atomic E-state index is 0.598. The van der Waals surface area contributed by atoms with E-state index in [-0.39, 0.29) is 0 Å². The van der Waals surface area contributed by atoms with Crippen molar-refractivity contribution in [3.05, 3.63) is 27.5 Å². The van der Waals surface area contributed by atoms with Gasteiger partial charge in [-0.3, -0.25) is 0 Å². The summed E-state index contributed by atoms with van der Waals surface area (Å²) in [5, 5.41) is 4.40. The van der Waals surface area contributed by atoms with Gasteiger partial charge in [0.05, 0.1) is 6.54 Å². The Morgan fingerprint density at radius 3 is 3.06 bits per heavy atom. The van der Waals surface area contributed by atoms with Gasteiger partial charge in [-0.15, -0.1) is 11.3 Å². The lowest BCUT2D eigenvalue weighted by molar-refractivity contribution is 0.913. The standard InChI is InChI=1S/C11H13N3S2/c12-10-5-11(16-14-10)13-6-8-4-7-2-1-3-9(7)15-8/h4-5,13H,1-3,6H2,(H2,12,14). The van der Waals surface area contributed by atoms with Crippen LogP contribution in [-0.4, -0.2) is 4.37 Å². The highest BCUT2D eigenvalue weighted by atomic mass is 32.1. The second-order valence-corrected chi connectivity index (χ2v) is 6.01. The summed E-state index contributed by atoms with van der Waals surface area (Å²) in [6.07, 6.45) is 3.87. The van der Waals surface area contributed by atoms with Gasteiger partial charge in [0.1, 0.15) is 10.8 Å². The van der Waals surface area contributed by atoms with E-state index in [1.807, 2.05) is 17.4 Å². The summed E-state index contributed by atoms with van der Waals surface area (Å²) in [6.45, 7) is 0.888. The first-order valence-corrected chi connectivity index (χ1v) is 6.97. The molecule has 2 aromatic rings. The third kappa shape index (κ3) is 1.92. The molecule has 2 heterocycles. The number of fused-ring (bicyclic) bond motifs is 1. The van der Waals surface area contributed by atoms with Crippen LogP contribution in [0, 0.1) is 0 Å². The molecule has 16 heavy (non-hydrogen) atoms. The fraction of sp³-hybridized carbons (Fsp3) is 0.364. The van der Waals surface area contributed by atoms with Crippen LogP contribution in [0.1, 0.15) is 21.7 Å². The van der Waals surface area contributed by atoms with E-state index in [0.717, 1.165) is 11.5 Å². The molecule has 0 saturated carbocycles. The molecule has 2 aromatic heterocycles. The first-order valence-electron chi connectivity index (χ1n) is 5.38. The van der Waals surface area contributed by atoms with Gasteiger partial charge in [0.25, 0.3) is 0 Å². The number of nitrogen functional groups attached to an aromatic ring is 1. The maximum Gasteiger partial charge on any atom is 0.139 e. The van der Waals surface area contributed by atoms with Crippen molar-refractivity contribution < 1.29 is 0 Å². The Labute approximate surface area is 102 Å². The Kier molecular flexibility index (Phi) is 2.57. The van der Waals surface area contributed by atoms with Crippen LogP contribution in [-0.2, 0) is 19.4 Å². The summed E-state index contributed by atoms with van der Waals surface area (Å²) < 4.78 is 4.04. The van der Waals surface area contributed by atoms with E-state index in [9.17, 15) is 0 Å². The molecule has 5 heteroatoms. The minimum absolute atomic E-state index is 0.598. The number of anilines is 2. The lowest BCUT2D eigenvalue weighted by atomic mass is 10.2. The highest BCUT2D eigenvalue weighted by Gasteiger charge is 2.14. The Hall–Kier alpha value is -1.07. The van der Waals surface area contributed by atoms with Crippen molar-refractivity contribution in [1.29, 1.82) is 0 Å². The summed E-state index contributed by atoms with van der Waals surface area (Å²) in [4.78, 5) is 3.00. The van der Waals surface area contributed by atoms with Crippen molar-refractivity contribution in [1.82, 2.24) is 4.37 Å². The van der Waals surface area contributed by atoms with Crippen LogP contribution in [0.25, 0.3) is 0 Å². The van der Waals surface area contributed by atoms with Gasteiger partial charge in [0.15, 0.2) is 0 Å². The molecule has 1 aliphatic carbocycles. The molecule has 0 fully saturated rings. The third-order valence-electron chi connectivity index (χ3n) is 2.76. The molecule has 0 amide bonds. The van der Waals surface area contributed by atoms with Gasteiger partial charge in [0.2, 0.25) is 0 Å². The summed E-state index contributed by atoms with van der Waals surface area (Å²) in [5.74, 6) is 0.598. The van der Waals surface area contributed by atoms with E-state index in [4.69, 9.17) is 5.73 Å². The largest absolute Gasteiger partial charge is 0.383 e. The summed E-state index contributed by atoms with van der Waals surface area (Å²) in [6, 6.07) is 4.22. The van der Waals surface area contributed by atoms with Crippen LogP contribution >= 0.6 is 22.9 Å². The third-order valence-corrected chi connectivity index (χ3v) is 4.76. The van der Waals surface area contributed by atoms with Gasteiger partial charge in [0, 0.05) is 15.8 Å². The van der Waals surface area contributed by atoms with E-state index < -0.39 is 0 Å². The van der Waals surface area contributed by atoms with Gasteiger partial charge < -0.3 is 11.1 Å². The van der Waals surface area contributed by atoms with Gasteiger partial charge in [-0.1, -0.05) is 0 Å². The van der Waals surface area contributed by atoms with Gasteiger partial charge in [-0.2, -0.15) is 4.37 Å². The first-order chi connectivity index (χ1) is 7.81. The molecule has 0 radical (unpaired) electrons. The predicted molar refractivity (Wildman–Crippen MR) is 70.2 cm³/mol. The fourth-order valence-electron chi connectivity index (χ4n) is 2.02. The molecule has 0 atom stereocenters. The van der Waals surface area contributed by atoms with E-state index in [1.54, 1.807) is 10.4 Å². The maximum absolute atomic E-state index is 5.57. The van der Waals surface area contributed by atoms with Crippen molar-refractivity contribution in [2.75, 3.05) is 11.1 Å². The Balaban J connectivity index is 1.66. The molecule has 3 rings (SSSR count). The van der Waals surface area contributed by atoms with Gasteiger partial charge in [-0.25, -0.2) is 0 Å². The molecule has 0 saturated heterocycles. The number of hydrogen-bond acceptors (Lipinski definition) is 5. The van der Waals surface area contributed by atoms with E-state index in [0.29, 0.717) is 5.82 Å². The van der Waals surface area contributed by atoms with Crippen molar-refractivity contribution in [3.8, 4) is 0 Å². The highest BCUT2D eigenvalue weighted by molar-refractivity contribution is 7.12. The zero-order chi connectivity index (χ0) is 11.0. The van der Waals surface area contributed by atoms with Crippen molar-refractivity contribution in [2.24, 2.45) is 0 Å². The number of nitrogens with one attached hydrogen (secondary N) is 1. The quantitative estimate of drug-likeness (QED) is 0.882. The van der Waals surface area contributed by atoms with Crippen LogP contribution in [0.4, 0.5) is 10.8 Å². The van der Waals surface area contributed by atoms with E-state index >= 15 is 0 Å². The van der Waals surface area contributed by atoms with Crippen molar-refractivity contribution in [2.45, 2.75) is 25.8 Å². The molecular weight excluding hydrogens is 238 g/mol. The fourth-order valence-corrected chi connectivity index (χ4v) is 3.79. The molecule has 0 aromatic carbocycles. The number of nitrogens with two attached hydrogens (primary N) is 1. The average Bonchev–Trinajstić information content (AvgIpc) is 2.89. The van der Waals surface area contributed by atoms with Crippen LogP contribution in [0.2, 0.25) is 0 Å². The minimum Gasteiger partial charge on any atom is -0.383 e. The number of rotatable bonds is 3. The van der Waals surface area contributed by atoms with Crippen molar-refractivity contribution >= 4 is 33.7 Å². The molecule has 0 spiro atoms. The van der Waals surface area contributed by atoms with Gasteiger partial charge >= 0.3 is 0 Å². The SMILES string of the molecule is Nc1cc(NCc2cc3c(s2)CCC3)sn1. The molecule has 0 aliphatic heterocycles. The number of nitrogens with zero attached hydrogens (tertiary/aromatic N) is 1. The number of hydrogen-bond donors (Lipinski definition) is 2. The summed E-state index contributed by atoms with van der Waals surface area (Å²) in [5.41, 5.74) is 7.13. The van der Waals surface area contributed by atoms with E-state index in [1.165, 1.54) is 35.7 Å². The number of thiophene rings is 1. The molecular formula is C11H13N3S2. The van der Waals surface area contributed by atoms with Crippen LogP contribution < -0.4 is 11.1 Å². The zero-order valence-electron chi connectivity index (χ0n) is 8.82. The summed E-state index contributed by atoms with van der Waals surface area (Å²) in [7, 11) is 0. The first kappa shape index (κ1) is 10.1. The molecule has 3 N–H and O–H groups in total. The normalized spacial score (nSPS) is 14.0. The van der Waals surface area contributed by atoms with Gasteiger partial charge in [-0.05, 0) is 42.4 Å². The number of aryl methyl sites for hydroxylation is 2. The lowest BCUT2D eigenvalue weighted by Gasteiger charge is -1.99. The maximum atomic E-state index is 5.57. The van der Waals surface area contributed by atoms with Crippen LogP contribution in [0.15, 0.2) is 12.1 Å². The average molecular weight is 251 g/mol. The molecule has 0 bridgehead atoms. The number of aromatic nitrogens is 1. The molecule has 3 nitrogen and oxygen atoms in total. The molecule has 1 aliphatic rings. The Morgan fingerprint density at radius 2 is 2.31 bits per heavy atom. The Morgan fingerprint density at radius 1 is 1.38 bits per heavy atom. The highest BCUT2D eigenvalue weighted by Crippen LogP contribution is 2.31. The lowest BCUT2D eigenvalue weighted by Crippen LogP contribution is -1.95. The Bertz CT molecular complexity index is 480. The van der Waals surface area contributed by atoms with Crippen LogP contribution in [0.5, 0.6) is 0 Å². The second-order valence-electron chi connectivity index (χ2n) is 3.98. The van der Waals surface area contributed by atoms with Crippen LogP contribution in [0.3, 0.4) is 0 Å². The molecule has 84 valence electrons. The second kappa shape index (κ2) is 4.07. The molecule has 0 unspecified atom stereocenters. The topological polar surface area (TPSA) is 50.9 Å². The van der Waals surface area contributed by atoms with E-state index in [2.05, 4.69) is 15.8 Å². The summed E-state index contributed by atoms with van der Waals surface area (Å²) >= 11 is 3.36.